The largest absolute Gasteiger partial charge is 0.394 e. The summed E-state index contributed by atoms with van der Waals surface area (Å²) >= 11 is 0. The van der Waals surface area contributed by atoms with Crippen LogP contribution < -0.4 is 5.32 Å². The average Bonchev–Trinajstić information content (AvgIpc) is 2.91. The molecule has 0 aliphatic carbocycles. The Bertz CT molecular complexity index is 617. The van der Waals surface area contributed by atoms with Gasteiger partial charge in [0.05, 0.1) is 25.4 Å². The Hall–Kier alpha value is -1.07. The summed E-state index contributed by atoms with van der Waals surface area (Å²) in [4.78, 5) is 12.6. The highest BCUT2D eigenvalue weighted by Crippen LogP contribution is 2.22. The van der Waals surface area contributed by atoms with Gasteiger partial charge >= 0.3 is 0 Å². The zero-order valence-corrected chi connectivity index (χ0v) is 23.7. The first-order valence-corrected chi connectivity index (χ1v) is 14.9. The second kappa shape index (κ2) is 21.7. The first-order chi connectivity index (χ1) is 18.3. The van der Waals surface area contributed by atoms with Crippen LogP contribution in [0.15, 0.2) is 12.2 Å². The topological polar surface area (TPSA) is 149 Å². The van der Waals surface area contributed by atoms with Crippen molar-refractivity contribution in [2.24, 2.45) is 0 Å². The number of unbranched alkanes of at least 4 members (excludes halogenated alkanes) is 10. The van der Waals surface area contributed by atoms with Crippen LogP contribution in [-0.2, 0) is 14.3 Å². The highest BCUT2D eigenvalue weighted by Gasteiger charge is 2.44. The first kappa shape index (κ1) is 35.0. The second-order valence-electron chi connectivity index (χ2n) is 10.5. The predicted octanol–water partition coefficient (Wildman–Crippen LogP) is 3.10. The summed E-state index contributed by atoms with van der Waals surface area (Å²) in [6.07, 6.45) is 11.3. The van der Waals surface area contributed by atoms with E-state index in [-0.39, 0.29) is 12.5 Å². The van der Waals surface area contributed by atoms with E-state index in [1.54, 1.807) is 0 Å². The van der Waals surface area contributed by atoms with Gasteiger partial charge in [0.2, 0.25) is 5.91 Å². The summed E-state index contributed by atoms with van der Waals surface area (Å²) in [6, 6.07) is -0.712. The Labute approximate surface area is 229 Å². The van der Waals surface area contributed by atoms with Gasteiger partial charge in [0, 0.05) is 6.42 Å². The fourth-order valence-corrected chi connectivity index (χ4v) is 4.57. The number of rotatable bonds is 22. The molecule has 1 rings (SSSR count). The maximum absolute atomic E-state index is 12.6. The monoisotopic (exact) mass is 545 g/mol. The molecule has 0 aromatic heterocycles. The molecule has 0 radical (unpaired) electrons. The smallest absolute Gasteiger partial charge is 0.220 e. The normalized spacial score (nSPS) is 25.5. The lowest BCUT2D eigenvalue weighted by atomic mass is 9.99. The predicted molar refractivity (Wildman–Crippen MR) is 147 cm³/mol. The number of carbonyl (C=O) groups excluding carboxylic acids is 1. The van der Waals surface area contributed by atoms with Crippen molar-refractivity contribution in [3.05, 3.63) is 12.2 Å². The number of aliphatic hydroxyl groups is 5. The number of aliphatic hydroxyl groups excluding tert-OH is 5. The average molecular weight is 546 g/mol. The maximum atomic E-state index is 12.6. The van der Waals surface area contributed by atoms with E-state index in [9.17, 15) is 30.3 Å². The van der Waals surface area contributed by atoms with Crippen LogP contribution in [0.25, 0.3) is 0 Å². The van der Waals surface area contributed by atoms with E-state index in [0.717, 1.165) is 77.0 Å². The molecule has 1 heterocycles. The number of amides is 1. The molecule has 1 fully saturated rings. The van der Waals surface area contributed by atoms with Crippen LogP contribution in [0, 0.1) is 0 Å². The number of hydrogen-bond acceptors (Lipinski definition) is 8. The van der Waals surface area contributed by atoms with Crippen LogP contribution >= 0.6 is 0 Å². The van der Waals surface area contributed by atoms with Crippen LogP contribution in [0.5, 0.6) is 0 Å². The van der Waals surface area contributed by atoms with Gasteiger partial charge in [0.15, 0.2) is 6.29 Å². The summed E-state index contributed by atoms with van der Waals surface area (Å²) in [5.74, 6) is -0.167. The van der Waals surface area contributed by atoms with Crippen molar-refractivity contribution in [3.63, 3.8) is 0 Å². The third kappa shape index (κ3) is 14.4. The Morgan fingerprint density at radius 1 is 0.868 bits per heavy atom. The number of carbonyl (C=O) groups is 1. The molecule has 1 aliphatic heterocycles. The molecule has 0 aromatic carbocycles. The lowest BCUT2D eigenvalue weighted by Crippen LogP contribution is -2.60. The maximum Gasteiger partial charge on any atom is 0.220 e. The molecular weight excluding hydrogens is 490 g/mol. The Morgan fingerprint density at radius 3 is 2.24 bits per heavy atom. The van der Waals surface area contributed by atoms with Crippen molar-refractivity contribution in [1.29, 1.82) is 0 Å². The molecule has 9 nitrogen and oxygen atoms in total. The summed E-state index contributed by atoms with van der Waals surface area (Å²) in [5.41, 5.74) is 0. The lowest BCUT2D eigenvalue weighted by molar-refractivity contribution is -0.302. The van der Waals surface area contributed by atoms with Crippen LogP contribution in [0.3, 0.4) is 0 Å². The van der Waals surface area contributed by atoms with Gasteiger partial charge in [-0.15, -0.1) is 0 Å². The molecular formula is C29H55NO8. The Morgan fingerprint density at radius 2 is 1.53 bits per heavy atom. The Balaban J connectivity index is 2.51. The summed E-state index contributed by atoms with van der Waals surface area (Å²) in [5, 5.41) is 53.3. The standard InChI is InChI=1S/C29H55NO8/c1-3-5-7-9-10-11-12-13-15-17-19-25(33)30-22(23(32)18-16-14-8-6-4-2)21-37-29-28(36)27(35)26(34)24(20-31)38-29/h7,9,22-24,26-29,31-32,34-36H,3-6,8,10-21H2,1-2H3,(H,30,33)/b9-7-. The van der Waals surface area contributed by atoms with Crippen LogP contribution in [-0.4, -0.2) is 87.5 Å². The molecule has 0 spiro atoms. The SMILES string of the molecule is CCC/C=C\CCCCCCCC(=O)NC(COC1OC(CO)C(O)C(O)C1O)C(O)CCCCCCC. The summed E-state index contributed by atoms with van der Waals surface area (Å²) in [7, 11) is 0. The molecule has 1 saturated heterocycles. The van der Waals surface area contributed by atoms with E-state index in [1.807, 2.05) is 0 Å². The van der Waals surface area contributed by atoms with E-state index in [1.165, 1.54) is 6.42 Å². The molecule has 6 N–H and O–H groups in total. The van der Waals surface area contributed by atoms with Crippen molar-refractivity contribution in [3.8, 4) is 0 Å². The molecule has 9 heteroatoms. The number of allylic oxidation sites excluding steroid dienone is 2. The van der Waals surface area contributed by atoms with Crippen LogP contribution in [0.1, 0.15) is 110 Å². The van der Waals surface area contributed by atoms with E-state index >= 15 is 0 Å². The molecule has 38 heavy (non-hydrogen) atoms. The number of nitrogens with one attached hydrogen (secondary N) is 1. The molecule has 0 aromatic rings. The van der Waals surface area contributed by atoms with Crippen molar-refractivity contribution in [2.75, 3.05) is 13.2 Å². The van der Waals surface area contributed by atoms with Gasteiger partial charge in [-0.2, -0.15) is 0 Å². The van der Waals surface area contributed by atoms with Gasteiger partial charge in [0.1, 0.15) is 24.4 Å². The summed E-state index contributed by atoms with van der Waals surface area (Å²) in [6.45, 7) is 3.62. The van der Waals surface area contributed by atoms with Crippen LogP contribution in [0.4, 0.5) is 0 Å². The van der Waals surface area contributed by atoms with Crippen molar-refractivity contribution < 1.29 is 39.8 Å². The summed E-state index contributed by atoms with van der Waals surface area (Å²) < 4.78 is 11.0. The van der Waals surface area contributed by atoms with Crippen LogP contribution in [0.2, 0.25) is 0 Å². The molecule has 0 saturated carbocycles. The fraction of sp³-hybridized carbons (Fsp3) is 0.897. The van der Waals surface area contributed by atoms with Gasteiger partial charge < -0.3 is 40.3 Å². The number of hydrogen-bond donors (Lipinski definition) is 6. The minimum atomic E-state index is -1.55. The van der Waals surface area contributed by atoms with Crippen molar-refractivity contribution in [2.45, 2.75) is 153 Å². The van der Waals surface area contributed by atoms with E-state index in [2.05, 4.69) is 31.3 Å². The van der Waals surface area contributed by atoms with Crippen molar-refractivity contribution in [1.82, 2.24) is 5.32 Å². The second-order valence-corrected chi connectivity index (χ2v) is 10.5. The van der Waals surface area contributed by atoms with Gasteiger partial charge in [0.25, 0.3) is 0 Å². The van der Waals surface area contributed by atoms with E-state index < -0.39 is 49.5 Å². The molecule has 1 aliphatic rings. The fourth-order valence-electron chi connectivity index (χ4n) is 4.57. The zero-order chi connectivity index (χ0) is 28.2. The minimum absolute atomic E-state index is 0.143. The number of ether oxygens (including phenoxy) is 2. The van der Waals surface area contributed by atoms with E-state index in [4.69, 9.17) is 9.47 Å². The highest BCUT2D eigenvalue weighted by atomic mass is 16.7. The third-order valence-corrected chi connectivity index (χ3v) is 7.10. The van der Waals surface area contributed by atoms with Gasteiger partial charge in [-0.3, -0.25) is 4.79 Å². The highest BCUT2D eigenvalue weighted by molar-refractivity contribution is 5.76. The van der Waals surface area contributed by atoms with Gasteiger partial charge in [-0.05, 0) is 32.1 Å². The zero-order valence-electron chi connectivity index (χ0n) is 23.7. The lowest BCUT2D eigenvalue weighted by Gasteiger charge is -2.40. The molecule has 0 bridgehead atoms. The van der Waals surface area contributed by atoms with E-state index in [0.29, 0.717) is 12.8 Å². The third-order valence-electron chi connectivity index (χ3n) is 7.10. The Kier molecular flexibility index (Phi) is 20.0. The molecule has 224 valence electrons. The van der Waals surface area contributed by atoms with Gasteiger partial charge in [-0.1, -0.05) is 83.8 Å². The van der Waals surface area contributed by atoms with Gasteiger partial charge in [-0.25, -0.2) is 0 Å². The first-order valence-electron chi connectivity index (χ1n) is 14.9. The molecule has 7 atom stereocenters. The quantitative estimate of drug-likeness (QED) is 0.0898. The van der Waals surface area contributed by atoms with Crippen molar-refractivity contribution >= 4 is 5.91 Å². The molecule has 1 amide bonds. The molecule has 7 unspecified atom stereocenters. The minimum Gasteiger partial charge on any atom is -0.394 e.